The van der Waals surface area contributed by atoms with Crippen LogP contribution in [0.3, 0.4) is 0 Å². The third-order valence-electron chi connectivity index (χ3n) is 5.25. The van der Waals surface area contributed by atoms with Gasteiger partial charge >= 0.3 is 5.97 Å². The first-order valence-electron chi connectivity index (χ1n) is 10.1. The molecule has 1 N–H and O–H groups in total. The average Bonchev–Trinajstić information content (AvgIpc) is 3.07. The zero-order valence-electron chi connectivity index (χ0n) is 16.7. The molecule has 1 amide bonds. The van der Waals surface area contributed by atoms with Gasteiger partial charge in [-0.1, -0.05) is 17.7 Å². The molecule has 7 nitrogen and oxygen atoms in total. The number of ether oxygens (including phenoxy) is 1. The van der Waals surface area contributed by atoms with E-state index in [1.165, 1.54) is 35.7 Å². The number of carbonyl (C=O) groups is 2. The van der Waals surface area contributed by atoms with Crippen LogP contribution in [0.5, 0.6) is 0 Å². The molecule has 0 radical (unpaired) electrons. The first-order chi connectivity index (χ1) is 13.9. The highest BCUT2D eigenvalue weighted by Crippen LogP contribution is 2.25. The van der Waals surface area contributed by atoms with E-state index in [4.69, 9.17) is 4.74 Å². The summed E-state index contributed by atoms with van der Waals surface area (Å²) in [5.74, 6) is -0.885. The number of nitrogens with one attached hydrogen (secondary N) is 1. The third kappa shape index (κ3) is 5.59. The average molecular weight is 421 g/mol. The lowest BCUT2D eigenvalue weighted by Crippen LogP contribution is -2.36. The van der Waals surface area contributed by atoms with Crippen molar-refractivity contribution < 1.29 is 22.7 Å². The maximum absolute atomic E-state index is 12.4. The van der Waals surface area contributed by atoms with Crippen LogP contribution in [0, 0.1) is 0 Å². The largest absolute Gasteiger partial charge is 0.449 e. The van der Waals surface area contributed by atoms with Crippen molar-refractivity contribution in [3.63, 3.8) is 0 Å². The number of carbonyl (C=O) groups excluding carboxylic acids is 2. The fraction of sp³-hybridized carbons (Fsp3) is 0.524. The Hall–Kier alpha value is -2.35. The molecule has 0 saturated carbocycles. The maximum Gasteiger partial charge on any atom is 0.338 e. The number of amides is 1. The van der Waals surface area contributed by atoms with E-state index in [-0.39, 0.29) is 17.2 Å². The molecule has 29 heavy (non-hydrogen) atoms. The van der Waals surface area contributed by atoms with E-state index in [1.54, 1.807) is 18.2 Å². The standard InChI is InChI=1S/C21H28N2O5S/c1-16(20(24)22-12-11-17-7-3-2-4-8-17)28-21(25)18-9-5-10-19(15-18)23-13-6-14-29(23,26)27/h5,7,9-10,15-16H,2-4,6,8,11-14H2,1H3,(H,22,24)/t16-/m1/s1. The number of hydrogen-bond acceptors (Lipinski definition) is 5. The molecule has 1 heterocycles. The molecular formula is C21H28N2O5S. The zero-order valence-corrected chi connectivity index (χ0v) is 17.5. The smallest absolute Gasteiger partial charge is 0.338 e. The molecule has 8 heteroatoms. The SMILES string of the molecule is C[C@@H](OC(=O)c1cccc(N2CCCS2(=O)=O)c1)C(=O)NCCC1=CCCCC1. The lowest BCUT2D eigenvalue weighted by molar-refractivity contribution is -0.129. The highest BCUT2D eigenvalue weighted by atomic mass is 32.2. The molecule has 1 saturated heterocycles. The van der Waals surface area contributed by atoms with E-state index in [2.05, 4.69) is 11.4 Å². The Morgan fingerprint density at radius 3 is 2.76 bits per heavy atom. The van der Waals surface area contributed by atoms with Crippen molar-refractivity contribution in [3.8, 4) is 0 Å². The van der Waals surface area contributed by atoms with E-state index < -0.39 is 22.1 Å². The number of nitrogens with zero attached hydrogens (tertiary/aromatic N) is 1. The minimum Gasteiger partial charge on any atom is -0.449 e. The molecule has 0 aromatic heterocycles. The number of anilines is 1. The number of esters is 1. The number of allylic oxidation sites excluding steroid dienone is 1. The molecule has 2 aliphatic rings. The second-order valence-corrected chi connectivity index (χ2v) is 9.50. The summed E-state index contributed by atoms with van der Waals surface area (Å²) in [6, 6.07) is 6.30. The van der Waals surface area contributed by atoms with Crippen LogP contribution < -0.4 is 9.62 Å². The lowest BCUT2D eigenvalue weighted by Gasteiger charge is -2.18. The molecule has 1 aromatic carbocycles. The summed E-state index contributed by atoms with van der Waals surface area (Å²) in [6.07, 6.45) is 7.32. The minimum atomic E-state index is -3.33. The summed E-state index contributed by atoms with van der Waals surface area (Å²) >= 11 is 0. The van der Waals surface area contributed by atoms with Gasteiger partial charge in [-0.15, -0.1) is 0 Å². The molecule has 1 aliphatic carbocycles. The third-order valence-corrected chi connectivity index (χ3v) is 7.12. The second-order valence-electron chi connectivity index (χ2n) is 7.49. The highest BCUT2D eigenvalue weighted by Gasteiger charge is 2.29. The number of benzene rings is 1. The van der Waals surface area contributed by atoms with Crippen LogP contribution in [-0.4, -0.2) is 45.2 Å². The molecule has 1 fully saturated rings. The quantitative estimate of drug-likeness (QED) is 0.541. The van der Waals surface area contributed by atoms with Crippen LogP contribution >= 0.6 is 0 Å². The normalized spacial score (nSPS) is 19.3. The fourth-order valence-electron chi connectivity index (χ4n) is 3.62. The molecule has 1 aliphatic heterocycles. The van der Waals surface area contributed by atoms with Crippen molar-refractivity contribution >= 4 is 27.6 Å². The van der Waals surface area contributed by atoms with Crippen molar-refractivity contribution in [2.45, 2.75) is 51.6 Å². The zero-order chi connectivity index (χ0) is 20.9. The summed E-state index contributed by atoms with van der Waals surface area (Å²) in [5.41, 5.74) is 2.03. The van der Waals surface area contributed by atoms with E-state index in [9.17, 15) is 18.0 Å². The van der Waals surface area contributed by atoms with Crippen molar-refractivity contribution in [3.05, 3.63) is 41.5 Å². The molecule has 3 rings (SSSR count). The van der Waals surface area contributed by atoms with E-state index in [0.29, 0.717) is 25.2 Å². The summed E-state index contributed by atoms with van der Waals surface area (Å²) < 4.78 is 30.7. The Morgan fingerprint density at radius 1 is 1.24 bits per heavy atom. The molecule has 1 aromatic rings. The molecule has 1 atom stereocenters. The summed E-state index contributed by atoms with van der Waals surface area (Å²) in [6.45, 7) is 2.45. The lowest BCUT2D eigenvalue weighted by atomic mass is 9.97. The van der Waals surface area contributed by atoms with Gasteiger partial charge in [0.2, 0.25) is 10.0 Å². The van der Waals surface area contributed by atoms with Crippen LogP contribution in [0.25, 0.3) is 0 Å². The summed E-state index contributed by atoms with van der Waals surface area (Å²) in [4.78, 5) is 24.6. The van der Waals surface area contributed by atoms with Gasteiger partial charge in [-0.3, -0.25) is 9.10 Å². The van der Waals surface area contributed by atoms with Crippen LogP contribution in [0.4, 0.5) is 5.69 Å². The first-order valence-corrected chi connectivity index (χ1v) is 11.7. The summed E-state index contributed by atoms with van der Waals surface area (Å²) in [7, 11) is -3.33. The van der Waals surface area contributed by atoms with Crippen LogP contribution in [-0.2, 0) is 19.6 Å². The second kappa shape index (κ2) is 9.43. The Labute approximate surface area is 172 Å². The Morgan fingerprint density at radius 2 is 2.07 bits per heavy atom. The molecular weight excluding hydrogens is 392 g/mol. The Balaban J connectivity index is 1.53. The van der Waals surface area contributed by atoms with Crippen molar-refractivity contribution in [2.24, 2.45) is 0 Å². The van der Waals surface area contributed by atoms with Gasteiger partial charge in [0.1, 0.15) is 0 Å². The van der Waals surface area contributed by atoms with Gasteiger partial charge in [0.25, 0.3) is 5.91 Å². The Kier molecular flexibility index (Phi) is 6.95. The minimum absolute atomic E-state index is 0.107. The number of rotatable bonds is 7. The predicted molar refractivity (Wildman–Crippen MR) is 111 cm³/mol. The molecule has 0 bridgehead atoms. The highest BCUT2D eigenvalue weighted by molar-refractivity contribution is 7.93. The molecule has 0 spiro atoms. The van der Waals surface area contributed by atoms with Crippen molar-refractivity contribution in [1.82, 2.24) is 5.32 Å². The molecule has 0 unspecified atom stereocenters. The first kappa shape index (κ1) is 21.4. The van der Waals surface area contributed by atoms with Gasteiger partial charge in [-0.2, -0.15) is 0 Å². The van der Waals surface area contributed by atoms with Gasteiger partial charge in [-0.25, -0.2) is 13.2 Å². The Bertz CT molecular complexity index is 894. The fourth-order valence-corrected chi connectivity index (χ4v) is 5.18. The summed E-state index contributed by atoms with van der Waals surface area (Å²) in [5, 5.41) is 2.81. The van der Waals surface area contributed by atoms with Crippen LogP contribution in [0.15, 0.2) is 35.9 Å². The monoisotopic (exact) mass is 420 g/mol. The number of hydrogen-bond donors (Lipinski definition) is 1. The van der Waals surface area contributed by atoms with Gasteiger partial charge in [0, 0.05) is 13.1 Å². The number of sulfonamides is 1. The van der Waals surface area contributed by atoms with Gasteiger partial charge < -0.3 is 10.1 Å². The van der Waals surface area contributed by atoms with E-state index in [1.807, 2.05) is 0 Å². The van der Waals surface area contributed by atoms with Gasteiger partial charge in [0.05, 0.1) is 17.0 Å². The van der Waals surface area contributed by atoms with E-state index >= 15 is 0 Å². The van der Waals surface area contributed by atoms with E-state index in [0.717, 1.165) is 19.3 Å². The topological polar surface area (TPSA) is 92.8 Å². The van der Waals surface area contributed by atoms with Crippen LogP contribution in [0.2, 0.25) is 0 Å². The maximum atomic E-state index is 12.4. The van der Waals surface area contributed by atoms with Gasteiger partial charge in [-0.05, 0) is 63.6 Å². The van der Waals surface area contributed by atoms with Crippen molar-refractivity contribution in [1.29, 1.82) is 0 Å². The molecule has 158 valence electrons. The predicted octanol–water partition coefficient (Wildman–Crippen LogP) is 2.78. The van der Waals surface area contributed by atoms with Crippen LogP contribution in [0.1, 0.15) is 55.8 Å². The van der Waals surface area contributed by atoms with Crippen molar-refractivity contribution in [2.75, 3.05) is 23.1 Å². The van der Waals surface area contributed by atoms with Gasteiger partial charge in [0.15, 0.2) is 6.10 Å².